The SMILES string of the molecule is CCOP(=O)(COC1=CC(=S)C(CC)c2sc(N)nc21)OCC. The smallest absolute Gasteiger partial charge is 0.367 e. The summed E-state index contributed by atoms with van der Waals surface area (Å²) in [4.78, 5) is 6.09. The standard InChI is InChI=1S/C14H21N2O4PS2/c1-4-9-11(22)7-10(12-13(9)23-14(15)16-12)18-8-21(17,19-5-2)20-6-3/h7,9H,4-6,8H2,1-3H3,(H2,15,16). The highest BCUT2D eigenvalue weighted by Crippen LogP contribution is 2.49. The Morgan fingerprint density at radius 3 is 2.57 bits per heavy atom. The van der Waals surface area contributed by atoms with E-state index in [0.29, 0.717) is 16.6 Å². The average Bonchev–Trinajstić information content (AvgIpc) is 2.87. The third-order valence-electron chi connectivity index (χ3n) is 3.27. The first-order valence-corrected chi connectivity index (χ1v) is 10.4. The molecular formula is C14H21N2O4PS2. The second-order valence-electron chi connectivity index (χ2n) is 4.86. The molecule has 6 nitrogen and oxygen atoms in total. The number of rotatable bonds is 8. The van der Waals surface area contributed by atoms with Crippen molar-refractivity contribution in [1.29, 1.82) is 0 Å². The molecule has 9 heteroatoms. The van der Waals surface area contributed by atoms with Gasteiger partial charge in [-0.15, -0.1) is 11.3 Å². The molecule has 0 saturated carbocycles. The Bertz CT molecular complexity index is 649. The van der Waals surface area contributed by atoms with Crippen molar-refractivity contribution in [1.82, 2.24) is 4.98 Å². The second-order valence-corrected chi connectivity index (χ2v) is 8.39. The maximum absolute atomic E-state index is 12.5. The molecule has 0 radical (unpaired) electrons. The number of aromatic nitrogens is 1. The summed E-state index contributed by atoms with van der Waals surface area (Å²) in [5.41, 5.74) is 6.51. The van der Waals surface area contributed by atoms with Crippen LogP contribution >= 0.6 is 31.2 Å². The Morgan fingerprint density at radius 1 is 1.35 bits per heavy atom. The van der Waals surface area contributed by atoms with Gasteiger partial charge >= 0.3 is 7.60 Å². The Kier molecular flexibility index (Phi) is 6.33. The predicted molar refractivity (Wildman–Crippen MR) is 96.9 cm³/mol. The largest absolute Gasteiger partial charge is 0.479 e. The van der Waals surface area contributed by atoms with E-state index in [1.54, 1.807) is 19.9 Å². The lowest BCUT2D eigenvalue weighted by molar-refractivity contribution is 0.189. The molecule has 1 aromatic rings. The van der Waals surface area contributed by atoms with Crippen LogP contribution in [0.15, 0.2) is 6.08 Å². The summed E-state index contributed by atoms with van der Waals surface area (Å²) in [5.74, 6) is 0.593. The summed E-state index contributed by atoms with van der Waals surface area (Å²) in [5, 5.41) is 0.463. The number of thiazole rings is 1. The summed E-state index contributed by atoms with van der Waals surface area (Å²) in [6, 6.07) is 0. The third kappa shape index (κ3) is 4.19. The molecule has 0 amide bonds. The van der Waals surface area contributed by atoms with Gasteiger partial charge < -0.3 is 19.5 Å². The zero-order chi connectivity index (χ0) is 17.0. The zero-order valence-electron chi connectivity index (χ0n) is 13.4. The maximum atomic E-state index is 12.5. The van der Waals surface area contributed by atoms with E-state index in [1.165, 1.54) is 11.3 Å². The van der Waals surface area contributed by atoms with E-state index in [0.717, 1.165) is 16.2 Å². The maximum Gasteiger partial charge on any atom is 0.367 e. The molecule has 0 saturated heterocycles. The summed E-state index contributed by atoms with van der Waals surface area (Å²) < 4.78 is 28.7. The summed E-state index contributed by atoms with van der Waals surface area (Å²) in [6.07, 6.45) is 2.44. The van der Waals surface area contributed by atoms with Crippen molar-refractivity contribution in [2.24, 2.45) is 0 Å². The van der Waals surface area contributed by atoms with Crippen molar-refractivity contribution in [3.63, 3.8) is 0 Å². The van der Waals surface area contributed by atoms with E-state index in [4.69, 9.17) is 31.7 Å². The summed E-state index contributed by atoms with van der Waals surface area (Å²) in [7, 11) is -3.29. The van der Waals surface area contributed by atoms with Crippen LogP contribution in [0.1, 0.15) is 43.7 Å². The number of anilines is 1. The minimum atomic E-state index is -3.29. The number of nitrogens with zero attached hydrogens (tertiary/aromatic N) is 1. The van der Waals surface area contributed by atoms with Crippen molar-refractivity contribution >= 4 is 46.9 Å². The van der Waals surface area contributed by atoms with E-state index >= 15 is 0 Å². The van der Waals surface area contributed by atoms with Gasteiger partial charge in [0.2, 0.25) is 0 Å². The fourth-order valence-electron chi connectivity index (χ4n) is 2.34. The van der Waals surface area contributed by atoms with Gasteiger partial charge in [0.15, 0.2) is 11.5 Å². The van der Waals surface area contributed by atoms with E-state index in [1.807, 2.05) is 0 Å². The number of thiocarbonyl (C=S) groups is 1. The van der Waals surface area contributed by atoms with Crippen molar-refractivity contribution in [3.05, 3.63) is 16.6 Å². The molecule has 1 atom stereocenters. The van der Waals surface area contributed by atoms with E-state index in [9.17, 15) is 4.57 Å². The Morgan fingerprint density at radius 2 is 2.00 bits per heavy atom. The first-order valence-electron chi connectivity index (χ1n) is 7.47. The molecule has 0 spiro atoms. The van der Waals surface area contributed by atoms with Crippen LogP contribution in [0.2, 0.25) is 0 Å². The van der Waals surface area contributed by atoms with Crippen LogP contribution < -0.4 is 5.73 Å². The molecule has 1 aliphatic rings. The van der Waals surface area contributed by atoms with Crippen LogP contribution in [-0.4, -0.2) is 29.4 Å². The van der Waals surface area contributed by atoms with Crippen molar-refractivity contribution < 1.29 is 18.3 Å². The van der Waals surface area contributed by atoms with Crippen LogP contribution in [0.25, 0.3) is 5.76 Å². The van der Waals surface area contributed by atoms with E-state index in [2.05, 4.69) is 11.9 Å². The number of hydrogen-bond donors (Lipinski definition) is 1. The van der Waals surface area contributed by atoms with Gasteiger partial charge in [-0.1, -0.05) is 19.1 Å². The van der Waals surface area contributed by atoms with Crippen molar-refractivity contribution in [2.45, 2.75) is 33.1 Å². The number of ether oxygens (including phenoxy) is 1. The Hall–Kier alpha value is -0.790. The van der Waals surface area contributed by atoms with Gasteiger partial charge in [0.25, 0.3) is 0 Å². The average molecular weight is 376 g/mol. The highest BCUT2D eigenvalue weighted by Gasteiger charge is 2.32. The topological polar surface area (TPSA) is 83.7 Å². The van der Waals surface area contributed by atoms with Gasteiger partial charge in [-0.05, 0) is 26.3 Å². The molecule has 1 heterocycles. The van der Waals surface area contributed by atoms with Gasteiger partial charge in [-0.3, -0.25) is 4.57 Å². The van der Waals surface area contributed by atoms with E-state index in [-0.39, 0.29) is 25.5 Å². The van der Waals surface area contributed by atoms with Gasteiger partial charge in [0.05, 0.1) is 13.2 Å². The Labute approximate surface area is 145 Å². The molecular weight excluding hydrogens is 355 g/mol. The molecule has 23 heavy (non-hydrogen) atoms. The quantitative estimate of drug-likeness (QED) is 0.538. The molecule has 2 rings (SSSR count). The summed E-state index contributed by atoms with van der Waals surface area (Å²) >= 11 is 6.86. The van der Waals surface area contributed by atoms with Gasteiger partial charge in [0.1, 0.15) is 11.5 Å². The number of nitrogens with two attached hydrogens (primary N) is 1. The van der Waals surface area contributed by atoms with Crippen LogP contribution in [0.4, 0.5) is 5.13 Å². The highest BCUT2D eigenvalue weighted by atomic mass is 32.1. The van der Waals surface area contributed by atoms with Gasteiger partial charge in [-0.2, -0.15) is 0 Å². The van der Waals surface area contributed by atoms with E-state index < -0.39 is 7.60 Å². The van der Waals surface area contributed by atoms with Crippen LogP contribution in [0.3, 0.4) is 0 Å². The van der Waals surface area contributed by atoms with Gasteiger partial charge in [0, 0.05) is 15.7 Å². The van der Waals surface area contributed by atoms with Crippen LogP contribution in [0, 0.1) is 0 Å². The number of allylic oxidation sites excluding steroid dienone is 1. The molecule has 0 fully saturated rings. The molecule has 1 unspecified atom stereocenters. The first-order chi connectivity index (χ1) is 10.9. The normalized spacial score (nSPS) is 17.8. The lowest BCUT2D eigenvalue weighted by Gasteiger charge is -2.23. The molecule has 0 aromatic carbocycles. The monoisotopic (exact) mass is 376 g/mol. The molecule has 0 aliphatic heterocycles. The Balaban J connectivity index is 2.22. The molecule has 0 bridgehead atoms. The molecule has 2 N–H and O–H groups in total. The second kappa shape index (κ2) is 7.85. The van der Waals surface area contributed by atoms with Gasteiger partial charge in [-0.25, -0.2) is 4.98 Å². The van der Waals surface area contributed by atoms with Crippen LogP contribution in [0.5, 0.6) is 0 Å². The number of hydrogen-bond acceptors (Lipinski definition) is 8. The van der Waals surface area contributed by atoms with Crippen molar-refractivity contribution in [2.75, 3.05) is 25.3 Å². The third-order valence-corrected chi connectivity index (χ3v) is 6.42. The minimum absolute atomic E-state index is 0.118. The number of nitrogen functional groups attached to an aromatic ring is 1. The first kappa shape index (κ1) is 18.5. The summed E-state index contributed by atoms with van der Waals surface area (Å²) in [6.45, 7) is 6.14. The molecule has 1 aliphatic carbocycles. The predicted octanol–water partition coefficient (Wildman–Crippen LogP) is 4.18. The number of fused-ring (bicyclic) bond motifs is 1. The lowest BCUT2D eigenvalue weighted by Crippen LogP contribution is -2.15. The fourth-order valence-corrected chi connectivity index (χ4v) is 5.15. The highest BCUT2D eigenvalue weighted by molar-refractivity contribution is 7.80. The van der Waals surface area contributed by atoms with Crippen molar-refractivity contribution in [3.8, 4) is 0 Å². The van der Waals surface area contributed by atoms with Crippen LogP contribution in [-0.2, 0) is 18.3 Å². The molecule has 128 valence electrons. The lowest BCUT2D eigenvalue weighted by atomic mass is 9.93. The molecule has 1 aromatic heterocycles. The fraction of sp³-hybridized carbons (Fsp3) is 0.571. The zero-order valence-corrected chi connectivity index (χ0v) is 15.9. The minimum Gasteiger partial charge on any atom is -0.479 e.